The van der Waals surface area contributed by atoms with Crippen molar-refractivity contribution in [1.82, 2.24) is 0 Å². The Bertz CT molecular complexity index is 370. The highest BCUT2D eigenvalue weighted by atomic mass is 19.1. The van der Waals surface area contributed by atoms with E-state index in [9.17, 15) is 9.50 Å². The van der Waals surface area contributed by atoms with Crippen molar-refractivity contribution < 1.29 is 19.0 Å². The quantitative estimate of drug-likeness (QED) is 0.758. The molecule has 0 spiro atoms. The second-order valence-corrected chi connectivity index (χ2v) is 3.35. The number of rotatable bonds is 2. The van der Waals surface area contributed by atoms with Crippen LogP contribution in [0.3, 0.4) is 0 Å². The smallest absolute Gasteiger partial charge is 0.189 e. The van der Waals surface area contributed by atoms with E-state index in [4.69, 9.17) is 15.2 Å². The highest BCUT2D eigenvalue weighted by Gasteiger charge is 2.20. The molecule has 0 saturated carbocycles. The molecule has 0 amide bonds. The lowest BCUT2D eigenvalue weighted by molar-refractivity contribution is -0.0187. The van der Waals surface area contributed by atoms with Crippen LogP contribution in [0, 0.1) is 5.82 Å². The van der Waals surface area contributed by atoms with Crippen LogP contribution >= 0.6 is 0 Å². The topological polar surface area (TPSA) is 64.7 Å². The molecule has 1 unspecified atom stereocenters. The summed E-state index contributed by atoms with van der Waals surface area (Å²) >= 11 is 0. The van der Waals surface area contributed by atoms with Gasteiger partial charge in [-0.25, -0.2) is 4.39 Å². The Morgan fingerprint density at radius 2 is 2.33 bits per heavy atom. The van der Waals surface area contributed by atoms with E-state index in [1.807, 2.05) is 0 Å². The molecule has 4 nitrogen and oxygen atoms in total. The molecule has 0 radical (unpaired) electrons. The van der Waals surface area contributed by atoms with Crippen LogP contribution in [0.25, 0.3) is 0 Å². The monoisotopic (exact) mass is 213 g/mol. The molecular formula is C10H12FNO3. The summed E-state index contributed by atoms with van der Waals surface area (Å²) in [6, 6.07) is 2.57. The van der Waals surface area contributed by atoms with Crippen molar-refractivity contribution in [3.05, 3.63) is 29.1 Å². The maximum absolute atomic E-state index is 13.2. The molecule has 1 aromatic rings. The van der Waals surface area contributed by atoms with Crippen LogP contribution in [-0.2, 0) is 11.3 Å². The van der Waals surface area contributed by atoms with Gasteiger partial charge in [-0.3, -0.25) is 0 Å². The lowest BCUT2D eigenvalue weighted by Crippen LogP contribution is -2.18. The normalized spacial score (nSPS) is 16.7. The van der Waals surface area contributed by atoms with Gasteiger partial charge >= 0.3 is 0 Å². The van der Waals surface area contributed by atoms with Crippen molar-refractivity contribution in [2.75, 3.05) is 13.3 Å². The number of aliphatic hydroxyl groups is 1. The van der Waals surface area contributed by atoms with Crippen LogP contribution in [0.4, 0.5) is 4.39 Å². The zero-order valence-corrected chi connectivity index (χ0v) is 8.07. The number of aliphatic hydroxyl groups excluding tert-OH is 1. The van der Waals surface area contributed by atoms with Gasteiger partial charge < -0.3 is 20.3 Å². The first-order chi connectivity index (χ1) is 7.22. The van der Waals surface area contributed by atoms with Crippen molar-refractivity contribution >= 4 is 0 Å². The number of benzene rings is 1. The molecule has 0 bridgehead atoms. The summed E-state index contributed by atoms with van der Waals surface area (Å²) in [6.45, 7) is 0.431. The molecule has 82 valence electrons. The Morgan fingerprint density at radius 3 is 3.07 bits per heavy atom. The van der Waals surface area contributed by atoms with Crippen molar-refractivity contribution in [3.8, 4) is 5.75 Å². The van der Waals surface area contributed by atoms with Gasteiger partial charge in [0.05, 0.1) is 12.7 Å². The van der Waals surface area contributed by atoms with E-state index in [0.717, 1.165) is 0 Å². The number of halogens is 1. The molecule has 0 saturated heterocycles. The van der Waals surface area contributed by atoms with Crippen molar-refractivity contribution in [2.45, 2.75) is 12.7 Å². The third-order valence-corrected chi connectivity index (χ3v) is 2.29. The van der Waals surface area contributed by atoms with E-state index in [2.05, 4.69) is 0 Å². The van der Waals surface area contributed by atoms with Gasteiger partial charge in [-0.2, -0.15) is 0 Å². The second kappa shape index (κ2) is 4.14. The number of hydrogen-bond donors (Lipinski definition) is 2. The Morgan fingerprint density at radius 1 is 1.53 bits per heavy atom. The van der Waals surface area contributed by atoms with Crippen LogP contribution in [0.2, 0.25) is 0 Å². The Kier molecular flexibility index (Phi) is 2.86. The van der Waals surface area contributed by atoms with Crippen LogP contribution < -0.4 is 10.5 Å². The minimum absolute atomic E-state index is 0.0279. The van der Waals surface area contributed by atoms with Crippen molar-refractivity contribution in [3.63, 3.8) is 0 Å². The average molecular weight is 213 g/mol. The Hall–Kier alpha value is -1.17. The molecule has 0 aromatic heterocycles. The molecule has 1 aromatic carbocycles. The number of nitrogens with two attached hydrogens (primary N) is 1. The molecule has 0 aliphatic carbocycles. The predicted octanol–water partition coefficient (Wildman–Crippen LogP) is 0.684. The summed E-state index contributed by atoms with van der Waals surface area (Å²) in [5, 5.41) is 9.60. The third-order valence-electron chi connectivity index (χ3n) is 2.29. The number of fused-ring (bicyclic) bond motifs is 1. The van der Waals surface area contributed by atoms with Gasteiger partial charge in [-0.15, -0.1) is 0 Å². The molecule has 0 fully saturated rings. The van der Waals surface area contributed by atoms with Crippen LogP contribution in [0.15, 0.2) is 12.1 Å². The van der Waals surface area contributed by atoms with Crippen LogP contribution in [-0.4, -0.2) is 18.4 Å². The summed E-state index contributed by atoms with van der Waals surface area (Å²) in [4.78, 5) is 0. The van der Waals surface area contributed by atoms with Gasteiger partial charge in [0.15, 0.2) is 6.79 Å². The van der Waals surface area contributed by atoms with E-state index >= 15 is 0 Å². The molecule has 1 aliphatic heterocycles. The van der Waals surface area contributed by atoms with Gasteiger partial charge in [-0.1, -0.05) is 0 Å². The lowest BCUT2D eigenvalue weighted by atomic mass is 10.0. The van der Waals surface area contributed by atoms with Crippen LogP contribution in [0.5, 0.6) is 5.75 Å². The first-order valence-corrected chi connectivity index (χ1v) is 4.63. The first kappa shape index (κ1) is 10.4. The predicted molar refractivity (Wildman–Crippen MR) is 50.7 cm³/mol. The van der Waals surface area contributed by atoms with Gasteiger partial charge in [0.1, 0.15) is 11.6 Å². The molecule has 1 atom stereocenters. The lowest BCUT2D eigenvalue weighted by Gasteiger charge is -2.22. The van der Waals surface area contributed by atoms with E-state index in [0.29, 0.717) is 16.9 Å². The summed E-state index contributed by atoms with van der Waals surface area (Å²) in [5.74, 6) is 0.0611. The van der Waals surface area contributed by atoms with Gasteiger partial charge in [0, 0.05) is 17.7 Å². The minimum Gasteiger partial charge on any atom is -0.467 e. The maximum Gasteiger partial charge on any atom is 0.189 e. The fourth-order valence-electron chi connectivity index (χ4n) is 1.58. The molecule has 3 N–H and O–H groups in total. The van der Waals surface area contributed by atoms with Gasteiger partial charge in [0.2, 0.25) is 0 Å². The summed E-state index contributed by atoms with van der Waals surface area (Å²) in [6.07, 6.45) is -0.910. The van der Waals surface area contributed by atoms with E-state index in [-0.39, 0.29) is 19.9 Å². The number of ether oxygens (including phenoxy) is 2. The summed E-state index contributed by atoms with van der Waals surface area (Å²) in [5.41, 5.74) is 6.31. The van der Waals surface area contributed by atoms with Crippen molar-refractivity contribution in [1.29, 1.82) is 0 Å². The van der Waals surface area contributed by atoms with E-state index in [1.165, 1.54) is 12.1 Å². The largest absolute Gasteiger partial charge is 0.467 e. The summed E-state index contributed by atoms with van der Waals surface area (Å²) in [7, 11) is 0. The molecule has 1 heterocycles. The van der Waals surface area contributed by atoms with Gasteiger partial charge in [-0.05, 0) is 12.1 Å². The van der Waals surface area contributed by atoms with E-state index < -0.39 is 11.9 Å². The maximum atomic E-state index is 13.2. The molecule has 1 aliphatic rings. The average Bonchev–Trinajstić information content (AvgIpc) is 2.26. The SMILES string of the molecule is NCC(O)c1cc(F)cc2c1OCOC2. The highest BCUT2D eigenvalue weighted by molar-refractivity contribution is 5.43. The highest BCUT2D eigenvalue weighted by Crippen LogP contribution is 2.32. The minimum atomic E-state index is -0.910. The Labute approximate surface area is 86.4 Å². The van der Waals surface area contributed by atoms with Crippen molar-refractivity contribution in [2.24, 2.45) is 5.73 Å². The summed E-state index contributed by atoms with van der Waals surface area (Å²) < 4.78 is 23.4. The van der Waals surface area contributed by atoms with Gasteiger partial charge in [0.25, 0.3) is 0 Å². The second-order valence-electron chi connectivity index (χ2n) is 3.35. The molecule has 15 heavy (non-hydrogen) atoms. The van der Waals surface area contributed by atoms with E-state index in [1.54, 1.807) is 0 Å². The molecular weight excluding hydrogens is 201 g/mol. The zero-order chi connectivity index (χ0) is 10.8. The molecule has 2 rings (SSSR count). The molecule has 5 heteroatoms. The standard InChI is InChI=1S/C10H12FNO3/c11-7-1-6-4-14-5-15-10(6)8(2-7)9(13)3-12/h1-2,9,13H,3-5,12H2. The first-order valence-electron chi connectivity index (χ1n) is 4.63. The fraction of sp³-hybridized carbons (Fsp3) is 0.400. The fourth-order valence-corrected chi connectivity index (χ4v) is 1.58. The zero-order valence-electron chi connectivity index (χ0n) is 8.07. The Balaban J connectivity index is 2.47. The third kappa shape index (κ3) is 1.94. The number of hydrogen-bond acceptors (Lipinski definition) is 4. The van der Waals surface area contributed by atoms with Crippen LogP contribution in [0.1, 0.15) is 17.2 Å².